The molecule has 0 heterocycles. The van der Waals surface area contributed by atoms with Crippen LogP contribution < -0.4 is 0 Å². The van der Waals surface area contributed by atoms with Crippen LogP contribution in [-0.2, 0) is 4.79 Å². The maximum absolute atomic E-state index is 12.7. The van der Waals surface area contributed by atoms with E-state index < -0.39 is 12.2 Å². The Balaban J connectivity index is 1.98. The topological polar surface area (TPSA) is 60.8 Å². The number of carbonyl (C=O) groups excluding carboxylic acids is 1. The molecule has 0 saturated heterocycles. The molecule has 4 nitrogen and oxygen atoms in total. The van der Waals surface area contributed by atoms with Crippen LogP contribution >= 0.6 is 0 Å². The summed E-state index contributed by atoms with van der Waals surface area (Å²) < 4.78 is 0. The molecule has 0 spiro atoms. The van der Waals surface area contributed by atoms with Gasteiger partial charge in [0.25, 0.3) is 0 Å². The highest BCUT2D eigenvalue weighted by atomic mass is 16.3. The van der Waals surface area contributed by atoms with Crippen LogP contribution in [0.5, 0.6) is 0 Å². The molecule has 2 aromatic rings. The lowest BCUT2D eigenvalue weighted by molar-refractivity contribution is -0.138. The van der Waals surface area contributed by atoms with Gasteiger partial charge in [-0.2, -0.15) is 0 Å². The molecular formula is C21H27NO3. The van der Waals surface area contributed by atoms with Crippen LogP contribution in [0.25, 0.3) is 0 Å². The van der Waals surface area contributed by atoms with Gasteiger partial charge in [0, 0.05) is 13.0 Å². The zero-order valence-corrected chi connectivity index (χ0v) is 15.0. The highest BCUT2D eigenvalue weighted by Gasteiger charge is 2.28. The summed E-state index contributed by atoms with van der Waals surface area (Å²) >= 11 is 0. The normalized spacial score (nSPS) is 15.9. The van der Waals surface area contributed by atoms with Crippen molar-refractivity contribution in [2.24, 2.45) is 5.92 Å². The van der Waals surface area contributed by atoms with E-state index in [2.05, 4.69) is 0 Å². The molecule has 0 unspecified atom stereocenters. The van der Waals surface area contributed by atoms with Crippen molar-refractivity contribution in [1.82, 2.24) is 4.90 Å². The summed E-state index contributed by atoms with van der Waals surface area (Å²) in [4.78, 5) is 14.3. The Morgan fingerprint density at radius 2 is 1.40 bits per heavy atom. The van der Waals surface area contributed by atoms with Gasteiger partial charge in [0.1, 0.15) is 0 Å². The molecule has 0 saturated carbocycles. The molecule has 1 amide bonds. The number of aliphatic hydroxyl groups is 2. The molecule has 0 aliphatic rings. The summed E-state index contributed by atoms with van der Waals surface area (Å²) in [6, 6.07) is 18.3. The molecule has 2 aromatic carbocycles. The average Bonchev–Trinajstić information content (AvgIpc) is 2.66. The van der Waals surface area contributed by atoms with Gasteiger partial charge in [0.2, 0.25) is 5.91 Å². The molecule has 0 aliphatic carbocycles. The first-order valence-corrected chi connectivity index (χ1v) is 8.64. The second-order valence-corrected chi connectivity index (χ2v) is 6.61. The first-order chi connectivity index (χ1) is 11.9. The molecule has 0 aromatic heterocycles. The Morgan fingerprint density at radius 1 is 0.920 bits per heavy atom. The Hall–Kier alpha value is -2.17. The van der Waals surface area contributed by atoms with Crippen molar-refractivity contribution in [2.45, 2.75) is 38.5 Å². The number of likely N-dealkylation sites (N-methyl/N-ethyl adjacent to an activating group) is 1. The van der Waals surface area contributed by atoms with Crippen molar-refractivity contribution in [2.75, 3.05) is 7.05 Å². The third-order valence-corrected chi connectivity index (χ3v) is 4.74. The summed E-state index contributed by atoms with van der Waals surface area (Å²) in [5, 5.41) is 20.8. The fourth-order valence-corrected chi connectivity index (χ4v) is 2.94. The van der Waals surface area contributed by atoms with E-state index in [4.69, 9.17) is 0 Å². The largest absolute Gasteiger partial charge is 0.388 e. The van der Waals surface area contributed by atoms with Gasteiger partial charge < -0.3 is 15.1 Å². The van der Waals surface area contributed by atoms with E-state index in [9.17, 15) is 15.0 Å². The lowest BCUT2D eigenvalue weighted by atomic mass is 9.96. The van der Waals surface area contributed by atoms with Crippen molar-refractivity contribution in [3.8, 4) is 0 Å². The molecular weight excluding hydrogens is 314 g/mol. The predicted molar refractivity (Wildman–Crippen MR) is 98.8 cm³/mol. The standard InChI is InChI=1S/C21H27NO3/c1-15(14-19(23)17-10-6-4-7-11-17)21(25)22(3)16(2)20(24)18-12-8-5-9-13-18/h4-13,15-16,19-20,23-24H,14H2,1-3H3/t15-,16-,19+,20+/m0/s1. The summed E-state index contributed by atoms with van der Waals surface area (Å²) in [7, 11) is 1.70. The SMILES string of the molecule is C[C@@H](C[C@@H](O)c1ccccc1)C(=O)N(C)[C@@H](C)[C@@H](O)c1ccccc1. The van der Waals surface area contributed by atoms with Gasteiger partial charge in [-0.05, 0) is 24.5 Å². The number of amides is 1. The van der Waals surface area contributed by atoms with E-state index in [1.165, 1.54) is 0 Å². The summed E-state index contributed by atoms with van der Waals surface area (Å²) in [5.74, 6) is -0.428. The van der Waals surface area contributed by atoms with E-state index >= 15 is 0 Å². The number of hydrogen-bond donors (Lipinski definition) is 2. The number of nitrogens with zero attached hydrogens (tertiary/aromatic N) is 1. The van der Waals surface area contributed by atoms with E-state index in [0.29, 0.717) is 6.42 Å². The van der Waals surface area contributed by atoms with E-state index in [1.54, 1.807) is 11.9 Å². The number of rotatable bonds is 7. The Morgan fingerprint density at radius 3 is 1.92 bits per heavy atom. The summed E-state index contributed by atoms with van der Waals surface area (Å²) in [5.41, 5.74) is 1.59. The van der Waals surface area contributed by atoms with Crippen LogP contribution in [0.2, 0.25) is 0 Å². The molecule has 4 heteroatoms. The highest BCUT2D eigenvalue weighted by molar-refractivity contribution is 5.78. The minimum absolute atomic E-state index is 0.0857. The van der Waals surface area contributed by atoms with Crippen LogP contribution in [0.1, 0.15) is 43.6 Å². The fraction of sp³-hybridized carbons (Fsp3) is 0.381. The minimum Gasteiger partial charge on any atom is -0.388 e. The van der Waals surface area contributed by atoms with Crippen molar-refractivity contribution in [3.63, 3.8) is 0 Å². The van der Waals surface area contributed by atoms with Gasteiger partial charge in [-0.3, -0.25) is 4.79 Å². The number of hydrogen-bond acceptors (Lipinski definition) is 3. The molecule has 2 rings (SSSR count). The first-order valence-electron chi connectivity index (χ1n) is 8.64. The average molecular weight is 341 g/mol. The smallest absolute Gasteiger partial charge is 0.225 e. The predicted octanol–water partition coefficient (Wildman–Crippen LogP) is 3.33. The number of benzene rings is 2. The Bertz CT molecular complexity index is 659. The van der Waals surface area contributed by atoms with E-state index in [1.807, 2.05) is 74.5 Å². The first kappa shape index (κ1) is 19.2. The van der Waals surface area contributed by atoms with Gasteiger partial charge >= 0.3 is 0 Å². The lowest BCUT2D eigenvalue weighted by Gasteiger charge is -2.31. The van der Waals surface area contributed by atoms with Crippen molar-refractivity contribution in [1.29, 1.82) is 0 Å². The lowest BCUT2D eigenvalue weighted by Crippen LogP contribution is -2.42. The zero-order valence-electron chi connectivity index (χ0n) is 15.0. The van der Waals surface area contributed by atoms with Gasteiger partial charge in [0.05, 0.1) is 18.2 Å². The third-order valence-electron chi connectivity index (χ3n) is 4.74. The molecule has 25 heavy (non-hydrogen) atoms. The highest BCUT2D eigenvalue weighted by Crippen LogP contribution is 2.25. The molecule has 0 radical (unpaired) electrons. The van der Waals surface area contributed by atoms with Gasteiger partial charge in [-0.15, -0.1) is 0 Å². The van der Waals surface area contributed by atoms with Crippen LogP contribution in [-0.4, -0.2) is 34.1 Å². The second kappa shape index (κ2) is 8.79. The Kier molecular flexibility index (Phi) is 6.73. The molecule has 2 N–H and O–H groups in total. The second-order valence-electron chi connectivity index (χ2n) is 6.61. The van der Waals surface area contributed by atoms with Gasteiger partial charge in [-0.1, -0.05) is 67.6 Å². The maximum atomic E-state index is 12.7. The molecule has 0 aliphatic heterocycles. The number of aliphatic hydroxyl groups excluding tert-OH is 2. The van der Waals surface area contributed by atoms with Crippen molar-refractivity contribution >= 4 is 5.91 Å². The third kappa shape index (κ3) is 4.91. The van der Waals surface area contributed by atoms with Crippen LogP contribution in [0.3, 0.4) is 0 Å². The van der Waals surface area contributed by atoms with Crippen LogP contribution in [0, 0.1) is 5.92 Å². The summed E-state index contributed by atoms with van der Waals surface area (Å²) in [6.45, 7) is 3.64. The number of carbonyl (C=O) groups is 1. The Labute approximate surface area is 149 Å². The van der Waals surface area contributed by atoms with Crippen molar-refractivity contribution in [3.05, 3.63) is 71.8 Å². The monoisotopic (exact) mass is 341 g/mol. The quantitative estimate of drug-likeness (QED) is 0.812. The molecule has 4 atom stereocenters. The zero-order chi connectivity index (χ0) is 18.4. The van der Waals surface area contributed by atoms with E-state index in [-0.39, 0.29) is 17.9 Å². The van der Waals surface area contributed by atoms with Crippen LogP contribution in [0.4, 0.5) is 0 Å². The van der Waals surface area contributed by atoms with Crippen LogP contribution in [0.15, 0.2) is 60.7 Å². The fourth-order valence-electron chi connectivity index (χ4n) is 2.94. The summed E-state index contributed by atoms with van der Waals surface area (Å²) in [6.07, 6.45) is -1.08. The minimum atomic E-state index is -0.749. The maximum Gasteiger partial charge on any atom is 0.225 e. The van der Waals surface area contributed by atoms with E-state index in [0.717, 1.165) is 11.1 Å². The van der Waals surface area contributed by atoms with Gasteiger partial charge in [0.15, 0.2) is 0 Å². The molecule has 0 fully saturated rings. The molecule has 0 bridgehead atoms. The van der Waals surface area contributed by atoms with Crippen molar-refractivity contribution < 1.29 is 15.0 Å². The molecule has 134 valence electrons. The van der Waals surface area contributed by atoms with Gasteiger partial charge in [-0.25, -0.2) is 0 Å².